The number of rotatable bonds is 7. The number of alkyl halides is 4. The molecular weight excluding hydrogens is 464 g/mol. The molecule has 2 aromatic heterocycles. The SMILES string of the molecule is CC(C)c1nc(-c2cnc(N)c(OC(F)(F)F)c2)cn1[C@]12C3C(N4CCN(CCF)CC4)C[C@@H]1[C@H]32. The minimum absolute atomic E-state index is 0.0815. The summed E-state index contributed by atoms with van der Waals surface area (Å²) in [6.07, 6.45) is -0.264. The lowest BCUT2D eigenvalue weighted by atomic mass is 10.1. The van der Waals surface area contributed by atoms with Crippen LogP contribution in [0.15, 0.2) is 18.5 Å². The van der Waals surface area contributed by atoms with Crippen molar-refractivity contribution >= 4 is 5.82 Å². The third-order valence-electron chi connectivity index (χ3n) is 8.52. The number of imidazole rings is 1. The monoisotopic (exact) mass is 494 g/mol. The Hall–Kier alpha value is -2.40. The molecule has 4 saturated carbocycles. The van der Waals surface area contributed by atoms with Gasteiger partial charge in [-0.25, -0.2) is 14.4 Å². The van der Waals surface area contributed by atoms with Gasteiger partial charge < -0.3 is 15.0 Å². The van der Waals surface area contributed by atoms with Gasteiger partial charge in [0.05, 0.1) is 11.2 Å². The normalized spacial score (nSPS) is 32.2. The van der Waals surface area contributed by atoms with Gasteiger partial charge in [-0.1, -0.05) is 13.8 Å². The Kier molecular flexibility index (Phi) is 5.13. The number of hydrogen-bond donors (Lipinski definition) is 1. The summed E-state index contributed by atoms with van der Waals surface area (Å²) in [5.41, 5.74) is 6.72. The third kappa shape index (κ3) is 3.53. The van der Waals surface area contributed by atoms with Crippen molar-refractivity contribution in [2.45, 2.75) is 44.1 Å². The van der Waals surface area contributed by atoms with Gasteiger partial charge in [0.2, 0.25) is 0 Å². The van der Waals surface area contributed by atoms with Gasteiger partial charge in [-0.15, -0.1) is 13.2 Å². The van der Waals surface area contributed by atoms with E-state index < -0.39 is 12.1 Å². The Morgan fingerprint density at radius 3 is 2.57 bits per heavy atom. The summed E-state index contributed by atoms with van der Waals surface area (Å²) < 4.78 is 57.5. The van der Waals surface area contributed by atoms with Crippen molar-refractivity contribution in [2.75, 3.05) is 45.1 Å². The summed E-state index contributed by atoms with van der Waals surface area (Å²) in [4.78, 5) is 13.5. The Morgan fingerprint density at radius 1 is 1.20 bits per heavy atom. The van der Waals surface area contributed by atoms with E-state index in [4.69, 9.17) is 10.7 Å². The van der Waals surface area contributed by atoms with E-state index >= 15 is 0 Å². The molecule has 5 fully saturated rings. The highest BCUT2D eigenvalue weighted by Crippen LogP contribution is 2.89. The van der Waals surface area contributed by atoms with Crippen molar-refractivity contribution in [3.05, 3.63) is 24.3 Å². The Labute approximate surface area is 201 Å². The highest BCUT2D eigenvalue weighted by atomic mass is 19.4. The van der Waals surface area contributed by atoms with Gasteiger partial charge in [0.15, 0.2) is 11.6 Å². The quantitative estimate of drug-likeness (QED) is 0.595. The molecule has 4 aliphatic carbocycles. The molecule has 0 spiro atoms. The molecular formula is C24H30F4N6O. The standard InChI is InChI=1S/C24H30F4N6O/c1-13(2)22-31-16(14-9-18(21(29)30-11-14)35-24(26,27)28)12-34(22)23-15-10-17(20(23)19(15)23)33-7-5-32(4-3-25)6-8-33/h9,11-13,15,17,19-20H,3-8,10H2,1-2H3,(H2,29,30)/t15-,17?,19-,20?,23-/m1/s1. The van der Waals surface area contributed by atoms with Crippen LogP contribution in [-0.4, -0.2) is 76.1 Å². The maximum absolute atomic E-state index is 12.8. The fraction of sp³-hybridized carbons (Fsp3) is 0.667. The maximum Gasteiger partial charge on any atom is 0.573 e. The molecule has 5 aliphatic rings. The fourth-order valence-corrected chi connectivity index (χ4v) is 6.98. The fourth-order valence-electron chi connectivity index (χ4n) is 6.98. The van der Waals surface area contributed by atoms with Crippen molar-refractivity contribution in [1.82, 2.24) is 24.3 Å². The number of hydrogen-bond acceptors (Lipinski definition) is 6. The average molecular weight is 495 g/mol. The number of aromatic nitrogens is 3. The molecule has 2 aromatic rings. The van der Waals surface area contributed by atoms with Crippen LogP contribution in [0.1, 0.15) is 32.0 Å². The average Bonchev–Trinajstić information content (AvgIpc) is 3.36. The maximum atomic E-state index is 12.8. The molecule has 2 bridgehead atoms. The van der Waals surface area contributed by atoms with E-state index in [9.17, 15) is 17.6 Å². The van der Waals surface area contributed by atoms with Crippen LogP contribution in [0.3, 0.4) is 0 Å². The number of ether oxygens (including phenoxy) is 1. The lowest BCUT2D eigenvalue weighted by Gasteiger charge is -2.38. The third-order valence-corrected chi connectivity index (χ3v) is 8.52. The van der Waals surface area contributed by atoms with E-state index in [0.29, 0.717) is 41.6 Å². The molecule has 3 heterocycles. The molecule has 1 saturated heterocycles. The van der Waals surface area contributed by atoms with Crippen molar-refractivity contribution in [3.8, 4) is 17.0 Å². The van der Waals surface area contributed by atoms with E-state index in [-0.39, 0.29) is 23.9 Å². The number of nitrogens with zero attached hydrogens (tertiary/aromatic N) is 5. The molecule has 190 valence electrons. The molecule has 35 heavy (non-hydrogen) atoms. The number of nitrogen functional groups attached to an aromatic ring is 1. The zero-order valence-corrected chi connectivity index (χ0v) is 19.8. The topological polar surface area (TPSA) is 72.4 Å². The molecule has 1 aliphatic heterocycles. The zero-order valence-electron chi connectivity index (χ0n) is 19.8. The predicted octanol–water partition coefficient (Wildman–Crippen LogP) is 3.48. The minimum atomic E-state index is -4.85. The van der Waals surface area contributed by atoms with E-state index in [2.05, 4.69) is 37.9 Å². The summed E-state index contributed by atoms with van der Waals surface area (Å²) in [6.45, 7) is 8.16. The second-order valence-electron chi connectivity index (χ2n) is 10.6. The number of halogens is 4. The largest absolute Gasteiger partial charge is 0.573 e. The molecule has 7 nitrogen and oxygen atoms in total. The first kappa shape index (κ1) is 23.0. The van der Waals surface area contributed by atoms with E-state index in [1.54, 1.807) is 0 Å². The van der Waals surface area contributed by atoms with Gasteiger partial charge in [-0.3, -0.25) is 9.80 Å². The van der Waals surface area contributed by atoms with Crippen LogP contribution in [-0.2, 0) is 5.54 Å². The highest BCUT2D eigenvalue weighted by molar-refractivity contribution is 5.64. The van der Waals surface area contributed by atoms with E-state index in [1.165, 1.54) is 12.3 Å². The molecule has 0 aromatic carbocycles. The molecule has 11 heteroatoms. The summed E-state index contributed by atoms with van der Waals surface area (Å²) >= 11 is 0. The van der Waals surface area contributed by atoms with Crippen LogP contribution in [0.5, 0.6) is 5.75 Å². The highest BCUT2D eigenvalue weighted by Gasteiger charge is 2.93. The van der Waals surface area contributed by atoms with Crippen molar-refractivity contribution in [2.24, 2.45) is 17.8 Å². The number of nitrogens with two attached hydrogens (primary N) is 1. The second-order valence-corrected chi connectivity index (χ2v) is 10.6. The summed E-state index contributed by atoms with van der Waals surface area (Å²) in [5.74, 6) is 2.11. The summed E-state index contributed by atoms with van der Waals surface area (Å²) in [5, 5.41) is 0. The van der Waals surface area contributed by atoms with Crippen molar-refractivity contribution < 1.29 is 22.3 Å². The van der Waals surface area contributed by atoms with Gasteiger partial charge in [0.25, 0.3) is 0 Å². The predicted molar refractivity (Wildman–Crippen MR) is 121 cm³/mol. The lowest BCUT2D eigenvalue weighted by molar-refractivity contribution is -0.274. The summed E-state index contributed by atoms with van der Waals surface area (Å²) in [6, 6.07) is 1.80. The van der Waals surface area contributed by atoms with E-state index in [0.717, 1.165) is 38.4 Å². The van der Waals surface area contributed by atoms with Crippen LogP contribution in [0.4, 0.5) is 23.4 Å². The molecule has 7 rings (SSSR count). The molecule has 0 amide bonds. The first-order valence-electron chi connectivity index (χ1n) is 12.3. The zero-order chi connectivity index (χ0) is 24.7. The van der Waals surface area contributed by atoms with Crippen molar-refractivity contribution in [3.63, 3.8) is 0 Å². The minimum Gasteiger partial charge on any atom is -0.402 e. The second kappa shape index (κ2) is 7.80. The number of pyridine rings is 1. The van der Waals surface area contributed by atoms with Crippen LogP contribution >= 0.6 is 0 Å². The molecule has 5 atom stereocenters. The van der Waals surface area contributed by atoms with Gasteiger partial charge >= 0.3 is 6.36 Å². The Balaban J connectivity index is 1.25. The number of piperazine rings is 1. The first-order chi connectivity index (χ1) is 16.6. The summed E-state index contributed by atoms with van der Waals surface area (Å²) in [7, 11) is 0. The van der Waals surface area contributed by atoms with Crippen LogP contribution < -0.4 is 10.5 Å². The van der Waals surface area contributed by atoms with Crippen LogP contribution in [0.25, 0.3) is 11.3 Å². The molecule has 2 N–H and O–H groups in total. The van der Waals surface area contributed by atoms with Crippen LogP contribution in [0.2, 0.25) is 0 Å². The lowest BCUT2D eigenvalue weighted by Crippen LogP contribution is -2.50. The molecule has 2 unspecified atom stereocenters. The molecule has 0 radical (unpaired) electrons. The van der Waals surface area contributed by atoms with Crippen molar-refractivity contribution in [1.29, 1.82) is 0 Å². The van der Waals surface area contributed by atoms with Gasteiger partial charge in [0.1, 0.15) is 12.5 Å². The number of anilines is 1. The smallest absolute Gasteiger partial charge is 0.402 e. The Bertz CT molecular complexity index is 1120. The number of fused-ring (bicyclic) bond motifs is 1. The van der Waals surface area contributed by atoms with Gasteiger partial charge in [0, 0.05) is 68.6 Å². The first-order valence-corrected chi connectivity index (χ1v) is 12.3. The van der Waals surface area contributed by atoms with E-state index in [1.807, 2.05) is 6.20 Å². The van der Waals surface area contributed by atoms with Gasteiger partial charge in [-0.2, -0.15) is 0 Å². The Morgan fingerprint density at radius 2 is 1.94 bits per heavy atom. The van der Waals surface area contributed by atoms with Gasteiger partial charge in [-0.05, 0) is 24.3 Å². The van der Waals surface area contributed by atoms with Crippen LogP contribution in [0, 0.1) is 17.8 Å².